The molecule has 1 aromatic heterocycles. The summed E-state index contributed by atoms with van der Waals surface area (Å²) in [7, 11) is 0. The van der Waals surface area contributed by atoms with Crippen LogP contribution in [0.5, 0.6) is 0 Å². The topological polar surface area (TPSA) is 107 Å². The summed E-state index contributed by atoms with van der Waals surface area (Å²) < 4.78 is 0.678. The van der Waals surface area contributed by atoms with Crippen LogP contribution in [0, 0.1) is 0 Å². The van der Waals surface area contributed by atoms with Gasteiger partial charge in [-0.15, -0.1) is 0 Å². The number of hydrogen-bond donors (Lipinski definition) is 3. The first kappa shape index (κ1) is 10.0. The highest BCUT2D eigenvalue weighted by Gasteiger charge is 2.15. The third-order valence-electron chi connectivity index (χ3n) is 2.20. The molecule has 0 saturated heterocycles. The van der Waals surface area contributed by atoms with Crippen molar-refractivity contribution in [2.24, 2.45) is 5.73 Å². The van der Waals surface area contributed by atoms with Gasteiger partial charge < -0.3 is 11.5 Å². The van der Waals surface area contributed by atoms with Crippen molar-refractivity contribution in [1.29, 1.82) is 0 Å². The highest BCUT2D eigenvalue weighted by molar-refractivity contribution is 5.79. The highest BCUT2D eigenvalue weighted by Crippen LogP contribution is 2.19. The molecule has 0 saturated carbocycles. The van der Waals surface area contributed by atoms with Crippen molar-refractivity contribution in [3.8, 4) is 11.1 Å². The number of aromatic nitrogens is 2. The van der Waals surface area contributed by atoms with Gasteiger partial charge >= 0.3 is 6.03 Å². The molecule has 0 aliphatic heterocycles. The number of nitrogens with zero attached hydrogens (tertiary/aromatic N) is 1. The van der Waals surface area contributed by atoms with Crippen molar-refractivity contribution < 1.29 is 4.79 Å². The number of aromatic amines is 1. The fourth-order valence-corrected chi connectivity index (χ4v) is 1.49. The molecule has 0 spiro atoms. The Kier molecular flexibility index (Phi) is 2.24. The van der Waals surface area contributed by atoms with Gasteiger partial charge in [0.15, 0.2) is 0 Å². The van der Waals surface area contributed by atoms with Gasteiger partial charge in [-0.25, -0.2) is 4.79 Å². The minimum absolute atomic E-state index is 0.120. The zero-order chi connectivity index (χ0) is 11.7. The normalized spacial score (nSPS) is 10.2. The smallest absolute Gasteiger partial charge is 0.341 e. The van der Waals surface area contributed by atoms with Crippen molar-refractivity contribution in [3.63, 3.8) is 0 Å². The Labute approximate surface area is 90.5 Å². The lowest BCUT2D eigenvalue weighted by Crippen LogP contribution is -2.30. The molecule has 6 nitrogen and oxygen atoms in total. The number of carbonyl (C=O) groups excluding carboxylic acids is 1. The van der Waals surface area contributed by atoms with E-state index in [4.69, 9.17) is 11.5 Å². The van der Waals surface area contributed by atoms with Gasteiger partial charge in [-0.2, -0.15) is 4.68 Å². The summed E-state index contributed by atoms with van der Waals surface area (Å²) in [5, 5.41) is 2.42. The molecule has 16 heavy (non-hydrogen) atoms. The Balaban J connectivity index is 2.68. The lowest BCUT2D eigenvalue weighted by Gasteiger charge is -1.95. The molecule has 0 fully saturated rings. The van der Waals surface area contributed by atoms with E-state index in [9.17, 15) is 9.59 Å². The molecular weight excluding hydrogens is 208 g/mol. The van der Waals surface area contributed by atoms with Crippen molar-refractivity contribution in [2.45, 2.75) is 0 Å². The molecule has 82 valence electrons. The Bertz CT molecular complexity index is 583. The molecule has 1 aromatic carbocycles. The summed E-state index contributed by atoms with van der Waals surface area (Å²) in [5.74, 6) is 0.120. The van der Waals surface area contributed by atoms with E-state index in [2.05, 4.69) is 5.10 Å². The van der Waals surface area contributed by atoms with Crippen LogP contribution >= 0.6 is 0 Å². The third-order valence-corrected chi connectivity index (χ3v) is 2.20. The molecule has 2 rings (SSSR count). The van der Waals surface area contributed by atoms with Crippen LogP contribution in [0.4, 0.5) is 10.6 Å². The average Bonchev–Trinajstić information content (AvgIpc) is 2.56. The fraction of sp³-hybridized carbons (Fsp3) is 0. The maximum absolute atomic E-state index is 11.8. The van der Waals surface area contributed by atoms with Gasteiger partial charge in [-0.05, 0) is 5.56 Å². The number of rotatable bonds is 1. The Morgan fingerprint density at radius 1 is 1.25 bits per heavy atom. The number of nitrogen functional groups attached to an aromatic ring is 1. The maximum atomic E-state index is 11.8. The van der Waals surface area contributed by atoms with Crippen LogP contribution in [-0.2, 0) is 0 Å². The van der Waals surface area contributed by atoms with Crippen LogP contribution in [0.15, 0.2) is 35.1 Å². The summed E-state index contributed by atoms with van der Waals surface area (Å²) >= 11 is 0. The molecule has 0 unspecified atom stereocenters. The lowest BCUT2D eigenvalue weighted by molar-refractivity contribution is 0.247. The maximum Gasteiger partial charge on any atom is 0.341 e. The second-order valence-corrected chi connectivity index (χ2v) is 3.25. The van der Waals surface area contributed by atoms with Crippen molar-refractivity contribution in [1.82, 2.24) is 9.78 Å². The third kappa shape index (κ3) is 1.46. The number of carbonyl (C=O) groups is 1. The van der Waals surface area contributed by atoms with Crippen LogP contribution in [0.25, 0.3) is 11.1 Å². The first-order chi connectivity index (χ1) is 7.61. The standard InChI is InChI=1S/C10H10N4O2/c11-8-7(6-4-2-1-3-5-6)9(15)14(13-8)10(12)16/h1-5,13H,11H2,(H2,12,16). The van der Waals surface area contributed by atoms with E-state index in [1.807, 2.05) is 6.07 Å². The van der Waals surface area contributed by atoms with E-state index in [1.54, 1.807) is 24.3 Å². The molecular formula is C10H10N4O2. The largest absolute Gasteiger partial charge is 0.383 e. The predicted octanol–water partition coefficient (Wildman–Crippen LogP) is 0.352. The molecule has 0 bridgehead atoms. The van der Waals surface area contributed by atoms with Crippen LogP contribution < -0.4 is 17.0 Å². The van der Waals surface area contributed by atoms with Gasteiger partial charge in [0, 0.05) is 0 Å². The van der Waals surface area contributed by atoms with Crippen LogP contribution in [0.1, 0.15) is 0 Å². The molecule has 6 heteroatoms. The van der Waals surface area contributed by atoms with Gasteiger partial charge in [0.05, 0.1) is 5.56 Å². The molecule has 2 aromatic rings. The van der Waals surface area contributed by atoms with Crippen molar-refractivity contribution >= 4 is 11.8 Å². The summed E-state index contributed by atoms with van der Waals surface area (Å²) in [6, 6.07) is 7.93. The van der Waals surface area contributed by atoms with Crippen LogP contribution in [-0.4, -0.2) is 15.8 Å². The van der Waals surface area contributed by atoms with Crippen LogP contribution in [0.2, 0.25) is 0 Å². The minimum Gasteiger partial charge on any atom is -0.383 e. The van der Waals surface area contributed by atoms with Crippen molar-refractivity contribution in [2.75, 3.05) is 5.73 Å². The quantitative estimate of drug-likeness (QED) is 0.642. The van der Waals surface area contributed by atoms with E-state index in [1.165, 1.54) is 0 Å². The van der Waals surface area contributed by atoms with Crippen LogP contribution in [0.3, 0.4) is 0 Å². The van der Waals surface area contributed by atoms with Gasteiger partial charge in [0.1, 0.15) is 5.82 Å². The summed E-state index contributed by atoms with van der Waals surface area (Å²) in [6.45, 7) is 0. The number of nitrogens with two attached hydrogens (primary N) is 2. The van der Waals surface area contributed by atoms with Crippen molar-refractivity contribution in [3.05, 3.63) is 40.7 Å². The number of hydrogen-bond acceptors (Lipinski definition) is 3. The van der Waals surface area contributed by atoms with E-state index in [0.717, 1.165) is 0 Å². The summed E-state index contributed by atoms with van der Waals surface area (Å²) in [6.07, 6.45) is 0. The summed E-state index contributed by atoms with van der Waals surface area (Å²) in [5.41, 5.74) is 11.0. The molecule has 1 heterocycles. The average molecular weight is 218 g/mol. The van der Waals surface area contributed by atoms with Gasteiger partial charge in [-0.1, -0.05) is 30.3 Å². The SMILES string of the molecule is NC(=O)n1[nH]c(N)c(-c2ccccc2)c1=O. The molecule has 0 radical (unpaired) electrons. The predicted molar refractivity (Wildman–Crippen MR) is 59.9 cm³/mol. The Morgan fingerprint density at radius 2 is 1.88 bits per heavy atom. The van der Waals surface area contributed by atoms with E-state index < -0.39 is 11.6 Å². The van der Waals surface area contributed by atoms with E-state index in [0.29, 0.717) is 10.2 Å². The first-order valence-corrected chi connectivity index (χ1v) is 4.57. The number of primary amides is 1. The molecule has 0 aliphatic carbocycles. The van der Waals surface area contributed by atoms with Gasteiger partial charge in [0.25, 0.3) is 5.56 Å². The summed E-state index contributed by atoms with van der Waals surface area (Å²) in [4.78, 5) is 22.7. The second-order valence-electron chi connectivity index (χ2n) is 3.25. The zero-order valence-electron chi connectivity index (χ0n) is 8.31. The zero-order valence-corrected chi connectivity index (χ0v) is 8.31. The number of benzene rings is 1. The van der Waals surface area contributed by atoms with E-state index in [-0.39, 0.29) is 11.4 Å². The fourth-order valence-electron chi connectivity index (χ4n) is 1.49. The van der Waals surface area contributed by atoms with Gasteiger partial charge in [-0.3, -0.25) is 9.89 Å². The molecule has 1 amide bonds. The number of anilines is 1. The number of H-pyrrole nitrogens is 1. The molecule has 5 N–H and O–H groups in total. The van der Waals surface area contributed by atoms with Gasteiger partial charge in [0.2, 0.25) is 0 Å². The first-order valence-electron chi connectivity index (χ1n) is 4.57. The van der Waals surface area contributed by atoms with E-state index >= 15 is 0 Å². The Hall–Kier alpha value is -2.50. The highest BCUT2D eigenvalue weighted by atomic mass is 16.2. The monoisotopic (exact) mass is 218 g/mol. The molecule has 0 aliphatic rings. The minimum atomic E-state index is -0.890. The number of nitrogens with one attached hydrogen (secondary N) is 1. The lowest BCUT2D eigenvalue weighted by atomic mass is 10.1. The Morgan fingerprint density at radius 3 is 2.38 bits per heavy atom. The second kappa shape index (κ2) is 3.58. The number of amides is 1. The molecule has 0 atom stereocenters.